The van der Waals surface area contributed by atoms with Gasteiger partial charge in [0, 0.05) is 11.1 Å². The Kier molecular flexibility index (Phi) is 3.71. The van der Waals surface area contributed by atoms with Gasteiger partial charge in [-0.15, -0.1) is 0 Å². The third-order valence-corrected chi connectivity index (χ3v) is 7.06. The number of benzene rings is 1. The van der Waals surface area contributed by atoms with Gasteiger partial charge < -0.3 is 14.6 Å². The molecule has 2 unspecified atom stereocenters. The number of nitrogens with one attached hydrogen (secondary N) is 1. The first-order chi connectivity index (χ1) is 12.9. The predicted octanol–water partition coefficient (Wildman–Crippen LogP) is 4.58. The van der Waals surface area contributed by atoms with E-state index < -0.39 is 0 Å². The van der Waals surface area contributed by atoms with Crippen LogP contribution in [0.15, 0.2) is 28.8 Å². The van der Waals surface area contributed by atoms with E-state index in [9.17, 15) is 0 Å². The van der Waals surface area contributed by atoms with E-state index in [0.717, 1.165) is 17.2 Å². The standard InChI is InChI=1S/C22H29N3O2/c1-20-8-15-9-21(2,12-20)14-22(10-15,13-20)23-11-18-24-19(25-27-18)16-4-6-17(26-3)7-5-16/h4-7,15,23H,8-14H2,1-3H3/t15?,20-,21+,22?. The highest BCUT2D eigenvalue weighted by Gasteiger charge is 2.59. The number of methoxy groups -OCH3 is 1. The van der Waals surface area contributed by atoms with E-state index >= 15 is 0 Å². The van der Waals surface area contributed by atoms with Crippen molar-refractivity contribution in [1.29, 1.82) is 0 Å². The fourth-order valence-corrected chi connectivity index (χ4v) is 7.09. The zero-order valence-electron chi connectivity index (χ0n) is 16.5. The molecule has 1 aromatic carbocycles. The van der Waals surface area contributed by atoms with Crippen LogP contribution < -0.4 is 10.1 Å². The van der Waals surface area contributed by atoms with Crippen molar-refractivity contribution in [3.8, 4) is 17.1 Å². The lowest BCUT2D eigenvalue weighted by molar-refractivity contribution is -0.118. The van der Waals surface area contributed by atoms with E-state index in [2.05, 4.69) is 29.3 Å². The minimum absolute atomic E-state index is 0.248. The van der Waals surface area contributed by atoms with Crippen LogP contribution in [0, 0.1) is 16.7 Å². The first-order valence-corrected chi connectivity index (χ1v) is 10.1. The maximum atomic E-state index is 5.53. The SMILES string of the molecule is COc1ccc(-c2noc(CNC34CC5C[C@@](C)(C3)C[C@](C)(C5)C4)n2)cc1. The van der Waals surface area contributed by atoms with E-state index in [1.165, 1.54) is 38.5 Å². The van der Waals surface area contributed by atoms with Gasteiger partial charge in [-0.25, -0.2) is 0 Å². The lowest BCUT2D eigenvalue weighted by Crippen LogP contribution is -2.63. The van der Waals surface area contributed by atoms with Crippen LogP contribution >= 0.6 is 0 Å². The van der Waals surface area contributed by atoms with Gasteiger partial charge in [0.25, 0.3) is 0 Å². The van der Waals surface area contributed by atoms with Crippen LogP contribution in [0.4, 0.5) is 0 Å². The average Bonchev–Trinajstić information content (AvgIpc) is 3.06. The second-order valence-electron chi connectivity index (χ2n) is 10.0. The highest BCUT2D eigenvalue weighted by atomic mass is 16.5. The monoisotopic (exact) mass is 367 g/mol. The summed E-state index contributed by atoms with van der Waals surface area (Å²) >= 11 is 0. The second kappa shape index (κ2) is 5.81. The fraction of sp³-hybridized carbons (Fsp3) is 0.636. The summed E-state index contributed by atoms with van der Waals surface area (Å²) in [6.45, 7) is 5.66. The van der Waals surface area contributed by atoms with Gasteiger partial charge in [0.2, 0.25) is 11.7 Å². The van der Waals surface area contributed by atoms with Crippen LogP contribution in [0.25, 0.3) is 11.4 Å². The Labute approximate surface area is 160 Å². The summed E-state index contributed by atoms with van der Waals surface area (Å²) in [4.78, 5) is 4.61. The predicted molar refractivity (Wildman–Crippen MR) is 103 cm³/mol. The normalized spacial score (nSPS) is 36.9. The van der Waals surface area contributed by atoms with Crippen molar-refractivity contribution in [3.05, 3.63) is 30.2 Å². The Hall–Kier alpha value is -1.88. The Balaban J connectivity index is 1.30. The van der Waals surface area contributed by atoms with Crippen LogP contribution in [0.5, 0.6) is 5.75 Å². The minimum Gasteiger partial charge on any atom is -0.497 e. The maximum Gasteiger partial charge on any atom is 0.240 e. The summed E-state index contributed by atoms with van der Waals surface area (Å²) in [6, 6.07) is 7.75. The van der Waals surface area contributed by atoms with Crippen molar-refractivity contribution in [2.24, 2.45) is 16.7 Å². The van der Waals surface area contributed by atoms with E-state index in [4.69, 9.17) is 9.26 Å². The average molecular weight is 367 g/mol. The molecule has 27 heavy (non-hydrogen) atoms. The summed E-state index contributed by atoms with van der Waals surface area (Å²) in [5.41, 5.74) is 2.20. The van der Waals surface area contributed by atoms with Gasteiger partial charge in [0.15, 0.2) is 0 Å². The van der Waals surface area contributed by atoms with Gasteiger partial charge in [-0.1, -0.05) is 19.0 Å². The largest absolute Gasteiger partial charge is 0.497 e. The molecular weight excluding hydrogens is 338 g/mol. The first kappa shape index (κ1) is 17.2. The number of hydrogen-bond donors (Lipinski definition) is 1. The van der Waals surface area contributed by atoms with Gasteiger partial charge in [0.05, 0.1) is 13.7 Å². The lowest BCUT2D eigenvalue weighted by atomic mass is 9.43. The number of aromatic nitrogens is 2. The fourth-order valence-electron chi connectivity index (χ4n) is 7.09. The van der Waals surface area contributed by atoms with E-state index in [0.29, 0.717) is 29.1 Å². The molecule has 0 amide bonds. The molecule has 0 spiro atoms. The molecule has 4 atom stereocenters. The first-order valence-electron chi connectivity index (χ1n) is 10.1. The molecule has 4 fully saturated rings. The molecular formula is C22H29N3O2. The van der Waals surface area contributed by atoms with Crippen molar-refractivity contribution in [2.45, 2.75) is 64.5 Å². The maximum absolute atomic E-state index is 5.53. The molecule has 2 aromatic rings. The Morgan fingerprint density at radius 2 is 1.78 bits per heavy atom. The van der Waals surface area contributed by atoms with Crippen LogP contribution in [0.3, 0.4) is 0 Å². The van der Waals surface area contributed by atoms with Crippen LogP contribution in [0.1, 0.15) is 58.3 Å². The molecule has 5 heteroatoms. The molecule has 1 N–H and O–H groups in total. The highest BCUT2D eigenvalue weighted by molar-refractivity contribution is 5.55. The zero-order chi connectivity index (χ0) is 18.7. The molecule has 144 valence electrons. The van der Waals surface area contributed by atoms with Gasteiger partial charge in [-0.05, 0) is 79.5 Å². The molecule has 4 saturated carbocycles. The summed E-state index contributed by atoms with van der Waals surface area (Å²) in [5, 5.41) is 8.03. The lowest BCUT2D eigenvalue weighted by Gasteiger charge is -2.65. The van der Waals surface area contributed by atoms with Crippen molar-refractivity contribution >= 4 is 0 Å². The van der Waals surface area contributed by atoms with E-state index in [-0.39, 0.29) is 5.54 Å². The molecule has 4 aliphatic rings. The van der Waals surface area contributed by atoms with Crippen molar-refractivity contribution in [2.75, 3.05) is 7.11 Å². The van der Waals surface area contributed by atoms with E-state index in [1.807, 2.05) is 24.3 Å². The zero-order valence-corrected chi connectivity index (χ0v) is 16.5. The highest BCUT2D eigenvalue weighted by Crippen LogP contribution is 2.66. The number of rotatable bonds is 5. The van der Waals surface area contributed by atoms with Crippen molar-refractivity contribution < 1.29 is 9.26 Å². The number of ether oxygens (including phenoxy) is 1. The topological polar surface area (TPSA) is 60.2 Å². The summed E-state index contributed by atoms with van der Waals surface area (Å²) in [6.07, 6.45) is 8.08. The smallest absolute Gasteiger partial charge is 0.240 e. The van der Waals surface area contributed by atoms with Gasteiger partial charge in [-0.2, -0.15) is 4.98 Å². The number of nitrogens with zero attached hydrogens (tertiary/aromatic N) is 2. The molecule has 0 saturated heterocycles. The quantitative estimate of drug-likeness (QED) is 0.838. The molecule has 0 radical (unpaired) electrons. The van der Waals surface area contributed by atoms with Gasteiger partial charge in [0.1, 0.15) is 5.75 Å². The third-order valence-electron chi connectivity index (χ3n) is 7.06. The molecule has 5 nitrogen and oxygen atoms in total. The molecule has 0 aliphatic heterocycles. The molecule has 4 bridgehead atoms. The molecule has 1 aromatic heterocycles. The Morgan fingerprint density at radius 1 is 1.07 bits per heavy atom. The molecule has 6 rings (SSSR count). The van der Waals surface area contributed by atoms with Crippen LogP contribution in [0.2, 0.25) is 0 Å². The summed E-state index contributed by atoms with van der Waals surface area (Å²) in [7, 11) is 1.67. The molecule has 1 heterocycles. The van der Waals surface area contributed by atoms with E-state index in [1.54, 1.807) is 7.11 Å². The van der Waals surface area contributed by atoms with Crippen molar-refractivity contribution in [3.63, 3.8) is 0 Å². The van der Waals surface area contributed by atoms with Crippen LogP contribution in [-0.4, -0.2) is 22.8 Å². The summed E-state index contributed by atoms with van der Waals surface area (Å²) < 4.78 is 10.7. The van der Waals surface area contributed by atoms with Crippen molar-refractivity contribution in [1.82, 2.24) is 15.5 Å². The number of hydrogen-bond acceptors (Lipinski definition) is 5. The van der Waals surface area contributed by atoms with Crippen LogP contribution in [-0.2, 0) is 6.54 Å². The Morgan fingerprint density at radius 3 is 2.41 bits per heavy atom. The third kappa shape index (κ3) is 3.06. The minimum atomic E-state index is 0.248. The van der Waals surface area contributed by atoms with Gasteiger partial charge in [-0.3, -0.25) is 0 Å². The Bertz CT molecular complexity index is 825. The molecule has 4 aliphatic carbocycles. The second-order valence-corrected chi connectivity index (χ2v) is 10.0. The summed E-state index contributed by atoms with van der Waals surface area (Å²) in [5.74, 6) is 3.01. The van der Waals surface area contributed by atoms with Gasteiger partial charge >= 0.3 is 0 Å².